The van der Waals surface area contributed by atoms with E-state index in [1.807, 2.05) is 6.92 Å². The largest absolute Gasteiger partial charge is 0.392 e. The van der Waals surface area contributed by atoms with Gasteiger partial charge in [-0.1, -0.05) is 38.4 Å². The predicted octanol–water partition coefficient (Wildman–Crippen LogP) is 2.14. The standard InChI is InChI=1S/C12H22N2OS/c1-2-6-10(15)14-11(12(13)16)9-7-4-3-5-8-9/h9,11H,2-8H2,1H3,(H2,13,16)(H,14,15). The molecule has 0 aliphatic heterocycles. The van der Waals surface area contributed by atoms with Crippen LogP contribution >= 0.6 is 12.2 Å². The third-order valence-corrected chi connectivity index (χ3v) is 3.48. The van der Waals surface area contributed by atoms with Crippen LogP contribution in [0.1, 0.15) is 51.9 Å². The van der Waals surface area contributed by atoms with Gasteiger partial charge in [0.25, 0.3) is 0 Å². The zero-order valence-electron chi connectivity index (χ0n) is 10.00. The molecule has 92 valence electrons. The third kappa shape index (κ3) is 4.08. The van der Waals surface area contributed by atoms with Gasteiger partial charge in [0, 0.05) is 6.42 Å². The number of carbonyl (C=O) groups is 1. The first-order valence-corrected chi connectivity index (χ1v) is 6.64. The number of hydrogen-bond donors (Lipinski definition) is 2. The van der Waals surface area contributed by atoms with Crippen molar-refractivity contribution >= 4 is 23.1 Å². The Bertz CT molecular complexity index is 247. The Hall–Kier alpha value is -0.640. The van der Waals surface area contributed by atoms with Crippen molar-refractivity contribution in [1.82, 2.24) is 5.32 Å². The second-order valence-corrected chi connectivity index (χ2v) is 5.07. The van der Waals surface area contributed by atoms with Gasteiger partial charge in [-0.15, -0.1) is 0 Å². The van der Waals surface area contributed by atoms with Gasteiger partial charge in [-0.05, 0) is 25.2 Å². The van der Waals surface area contributed by atoms with Gasteiger partial charge < -0.3 is 11.1 Å². The monoisotopic (exact) mass is 242 g/mol. The van der Waals surface area contributed by atoms with Gasteiger partial charge >= 0.3 is 0 Å². The molecular weight excluding hydrogens is 220 g/mol. The average molecular weight is 242 g/mol. The topological polar surface area (TPSA) is 55.1 Å². The van der Waals surface area contributed by atoms with Gasteiger partial charge in [0.15, 0.2) is 0 Å². The SMILES string of the molecule is CCCC(=O)NC(C(N)=S)C1CCCCC1. The van der Waals surface area contributed by atoms with Crippen molar-refractivity contribution in [3.8, 4) is 0 Å². The molecule has 1 saturated carbocycles. The zero-order chi connectivity index (χ0) is 12.0. The van der Waals surface area contributed by atoms with E-state index in [1.165, 1.54) is 19.3 Å². The van der Waals surface area contributed by atoms with E-state index < -0.39 is 0 Å². The van der Waals surface area contributed by atoms with Gasteiger partial charge in [-0.25, -0.2) is 0 Å². The molecule has 1 rings (SSSR count). The van der Waals surface area contributed by atoms with E-state index in [0.29, 0.717) is 17.3 Å². The van der Waals surface area contributed by atoms with Crippen LogP contribution in [0.3, 0.4) is 0 Å². The zero-order valence-corrected chi connectivity index (χ0v) is 10.8. The lowest BCUT2D eigenvalue weighted by Gasteiger charge is -2.30. The van der Waals surface area contributed by atoms with Crippen LogP contribution in [-0.4, -0.2) is 16.9 Å². The summed E-state index contributed by atoms with van der Waals surface area (Å²) >= 11 is 5.06. The summed E-state index contributed by atoms with van der Waals surface area (Å²) in [7, 11) is 0. The van der Waals surface area contributed by atoms with E-state index >= 15 is 0 Å². The Morgan fingerprint density at radius 3 is 2.56 bits per heavy atom. The van der Waals surface area contributed by atoms with E-state index in [4.69, 9.17) is 18.0 Å². The maximum atomic E-state index is 11.6. The molecule has 16 heavy (non-hydrogen) atoms. The molecule has 3 N–H and O–H groups in total. The van der Waals surface area contributed by atoms with Gasteiger partial charge in [-0.3, -0.25) is 4.79 Å². The lowest BCUT2D eigenvalue weighted by Crippen LogP contribution is -2.48. The summed E-state index contributed by atoms with van der Waals surface area (Å²) in [5, 5.41) is 2.98. The first-order valence-electron chi connectivity index (χ1n) is 6.23. The highest BCUT2D eigenvalue weighted by Crippen LogP contribution is 2.26. The minimum atomic E-state index is -0.0886. The smallest absolute Gasteiger partial charge is 0.220 e. The molecule has 1 atom stereocenters. The Morgan fingerprint density at radius 1 is 1.44 bits per heavy atom. The van der Waals surface area contributed by atoms with Crippen molar-refractivity contribution in [3.05, 3.63) is 0 Å². The number of nitrogens with one attached hydrogen (secondary N) is 1. The minimum Gasteiger partial charge on any atom is -0.392 e. The van der Waals surface area contributed by atoms with Crippen molar-refractivity contribution in [1.29, 1.82) is 0 Å². The van der Waals surface area contributed by atoms with Crippen molar-refractivity contribution in [2.24, 2.45) is 11.7 Å². The van der Waals surface area contributed by atoms with E-state index in [0.717, 1.165) is 19.3 Å². The first kappa shape index (κ1) is 13.4. The van der Waals surface area contributed by atoms with Crippen molar-refractivity contribution in [2.75, 3.05) is 0 Å². The Labute approximate surface area is 103 Å². The van der Waals surface area contributed by atoms with E-state index in [2.05, 4.69) is 5.32 Å². The molecule has 0 aromatic carbocycles. The lowest BCUT2D eigenvalue weighted by molar-refractivity contribution is -0.121. The maximum absolute atomic E-state index is 11.6. The van der Waals surface area contributed by atoms with E-state index in [1.54, 1.807) is 0 Å². The number of amides is 1. The van der Waals surface area contributed by atoms with Crippen molar-refractivity contribution in [3.63, 3.8) is 0 Å². The molecule has 0 bridgehead atoms. The number of rotatable bonds is 5. The normalized spacial score (nSPS) is 19.1. The van der Waals surface area contributed by atoms with Gasteiger partial charge in [-0.2, -0.15) is 0 Å². The lowest BCUT2D eigenvalue weighted by atomic mass is 9.84. The highest BCUT2D eigenvalue weighted by Gasteiger charge is 2.26. The van der Waals surface area contributed by atoms with Crippen LogP contribution in [0.15, 0.2) is 0 Å². The first-order chi connectivity index (χ1) is 7.65. The highest BCUT2D eigenvalue weighted by atomic mass is 32.1. The van der Waals surface area contributed by atoms with Crippen molar-refractivity contribution < 1.29 is 4.79 Å². The molecule has 3 nitrogen and oxygen atoms in total. The Balaban J connectivity index is 2.52. The molecule has 0 spiro atoms. The van der Waals surface area contributed by atoms with Gasteiger partial charge in [0.1, 0.15) is 0 Å². The fourth-order valence-corrected chi connectivity index (χ4v) is 2.61. The minimum absolute atomic E-state index is 0.0749. The average Bonchev–Trinajstić information content (AvgIpc) is 2.27. The van der Waals surface area contributed by atoms with Gasteiger partial charge in [0.2, 0.25) is 5.91 Å². The van der Waals surface area contributed by atoms with Crippen LogP contribution in [0.25, 0.3) is 0 Å². The second kappa shape index (κ2) is 6.84. The summed E-state index contributed by atoms with van der Waals surface area (Å²) in [5.41, 5.74) is 5.73. The number of hydrogen-bond acceptors (Lipinski definition) is 2. The predicted molar refractivity (Wildman–Crippen MR) is 70.2 cm³/mol. The number of thiocarbonyl (C=S) groups is 1. The molecule has 4 heteroatoms. The van der Waals surface area contributed by atoms with Gasteiger partial charge in [0.05, 0.1) is 11.0 Å². The van der Waals surface area contributed by atoms with Crippen LogP contribution in [0.4, 0.5) is 0 Å². The Morgan fingerprint density at radius 2 is 2.06 bits per heavy atom. The summed E-state index contributed by atoms with van der Waals surface area (Å²) in [6.45, 7) is 2.00. The quantitative estimate of drug-likeness (QED) is 0.726. The molecule has 1 aliphatic rings. The van der Waals surface area contributed by atoms with E-state index in [9.17, 15) is 4.79 Å². The molecule has 1 fully saturated rings. The Kier molecular flexibility index (Phi) is 5.74. The fraction of sp³-hybridized carbons (Fsp3) is 0.833. The third-order valence-electron chi connectivity index (χ3n) is 3.22. The summed E-state index contributed by atoms with van der Waals surface area (Å²) in [6.07, 6.45) is 7.44. The molecule has 0 aromatic rings. The summed E-state index contributed by atoms with van der Waals surface area (Å²) in [4.78, 5) is 12.0. The second-order valence-electron chi connectivity index (χ2n) is 4.60. The summed E-state index contributed by atoms with van der Waals surface area (Å²) in [6, 6.07) is -0.0886. The maximum Gasteiger partial charge on any atom is 0.220 e. The number of nitrogens with two attached hydrogens (primary N) is 1. The van der Waals surface area contributed by atoms with Crippen LogP contribution in [0.5, 0.6) is 0 Å². The van der Waals surface area contributed by atoms with Crippen molar-refractivity contribution in [2.45, 2.75) is 57.9 Å². The number of carbonyl (C=O) groups excluding carboxylic acids is 1. The molecule has 1 aliphatic carbocycles. The summed E-state index contributed by atoms with van der Waals surface area (Å²) in [5.74, 6) is 0.526. The van der Waals surface area contributed by atoms with E-state index in [-0.39, 0.29) is 11.9 Å². The fourth-order valence-electron chi connectivity index (χ4n) is 2.36. The molecule has 0 heterocycles. The van der Waals surface area contributed by atoms with Crippen LogP contribution < -0.4 is 11.1 Å². The van der Waals surface area contributed by atoms with Crippen LogP contribution in [0, 0.1) is 5.92 Å². The molecule has 0 saturated heterocycles. The molecule has 1 amide bonds. The van der Waals surface area contributed by atoms with Crippen LogP contribution in [-0.2, 0) is 4.79 Å². The van der Waals surface area contributed by atoms with Crippen LogP contribution in [0.2, 0.25) is 0 Å². The molecular formula is C12H22N2OS. The highest BCUT2D eigenvalue weighted by molar-refractivity contribution is 7.80. The molecule has 1 unspecified atom stereocenters. The summed E-state index contributed by atoms with van der Waals surface area (Å²) < 4.78 is 0. The molecule has 0 radical (unpaired) electrons. The molecule has 0 aromatic heterocycles.